The van der Waals surface area contributed by atoms with E-state index >= 15 is 0 Å². The Kier molecular flexibility index (Phi) is 2.85. The summed E-state index contributed by atoms with van der Waals surface area (Å²) in [6.07, 6.45) is 0. The lowest BCUT2D eigenvalue weighted by molar-refractivity contribution is 0.339. The zero-order valence-corrected chi connectivity index (χ0v) is 9.39. The van der Waals surface area contributed by atoms with Crippen molar-refractivity contribution < 1.29 is 0 Å². The Morgan fingerprint density at radius 1 is 1.08 bits per heavy atom. The van der Waals surface area contributed by atoms with E-state index in [1.807, 2.05) is 0 Å². The van der Waals surface area contributed by atoms with Gasteiger partial charge in [-0.15, -0.1) is 0 Å². The largest absolute Gasteiger partial charge is 0.139 e. The summed E-state index contributed by atoms with van der Waals surface area (Å²) in [5.41, 5.74) is 3.14. The van der Waals surface area contributed by atoms with Gasteiger partial charge in [0.15, 0.2) is 0 Å². The van der Waals surface area contributed by atoms with Crippen LogP contribution in [0.2, 0.25) is 0 Å². The third-order valence-corrected chi connectivity index (χ3v) is 2.88. The standard InChI is InChI=1S/C12H19B/c1-9(12(2,3)4)10-5-7-11(13)8-6-10/h5-9H,13H2,1-4H3. The summed E-state index contributed by atoms with van der Waals surface area (Å²) in [5.74, 6) is 0.619. The molecule has 0 saturated heterocycles. The summed E-state index contributed by atoms with van der Waals surface area (Å²) < 4.78 is 0. The highest BCUT2D eigenvalue weighted by Gasteiger charge is 2.20. The van der Waals surface area contributed by atoms with Gasteiger partial charge in [0.05, 0.1) is 0 Å². The molecule has 0 amide bonds. The minimum absolute atomic E-state index is 0.356. The third-order valence-electron chi connectivity index (χ3n) is 2.88. The summed E-state index contributed by atoms with van der Waals surface area (Å²) in [7, 11) is 2.13. The lowest BCUT2D eigenvalue weighted by Crippen LogP contribution is -2.16. The van der Waals surface area contributed by atoms with Crippen LogP contribution in [-0.4, -0.2) is 7.85 Å². The lowest BCUT2D eigenvalue weighted by Gasteiger charge is -2.27. The maximum absolute atomic E-state index is 2.30. The predicted molar refractivity (Wildman–Crippen MR) is 62.5 cm³/mol. The highest BCUT2D eigenvalue weighted by Crippen LogP contribution is 2.33. The Hall–Kier alpha value is -0.715. The van der Waals surface area contributed by atoms with Gasteiger partial charge in [-0.05, 0) is 16.9 Å². The average molecular weight is 174 g/mol. The first kappa shape index (κ1) is 10.4. The Morgan fingerprint density at radius 3 is 1.92 bits per heavy atom. The Balaban J connectivity index is 2.90. The van der Waals surface area contributed by atoms with Gasteiger partial charge in [0.2, 0.25) is 0 Å². The molecule has 70 valence electrons. The van der Waals surface area contributed by atoms with Crippen LogP contribution in [-0.2, 0) is 0 Å². The first-order valence-electron chi connectivity index (χ1n) is 4.98. The van der Waals surface area contributed by atoms with Crippen molar-refractivity contribution in [3.63, 3.8) is 0 Å². The molecule has 0 radical (unpaired) electrons. The number of rotatable bonds is 1. The maximum atomic E-state index is 2.30. The minimum atomic E-state index is 0.356. The molecule has 0 spiro atoms. The molecule has 1 rings (SSSR count). The van der Waals surface area contributed by atoms with Crippen LogP contribution in [0.5, 0.6) is 0 Å². The number of hydrogen-bond acceptors (Lipinski definition) is 0. The molecule has 0 nitrogen and oxygen atoms in total. The van der Waals surface area contributed by atoms with E-state index in [4.69, 9.17) is 0 Å². The molecule has 1 aromatic rings. The van der Waals surface area contributed by atoms with Gasteiger partial charge in [-0.25, -0.2) is 0 Å². The molecule has 1 atom stereocenters. The SMILES string of the molecule is Bc1ccc(C(C)C(C)(C)C)cc1. The predicted octanol–water partition coefficient (Wildman–Crippen LogP) is 2.09. The lowest BCUT2D eigenvalue weighted by atomic mass is 9.77. The maximum Gasteiger partial charge on any atom is 0.139 e. The third kappa shape index (κ3) is 2.62. The molecule has 1 heteroatoms. The molecule has 1 aromatic carbocycles. The Labute approximate surface area is 82.8 Å². The summed E-state index contributed by atoms with van der Waals surface area (Å²) in [5, 5.41) is 0. The molecule has 0 N–H and O–H groups in total. The second-order valence-electron chi connectivity index (χ2n) is 5.00. The first-order chi connectivity index (χ1) is 5.91. The van der Waals surface area contributed by atoms with Crippen molar-refractivity contribution in [1.82, 2.24) is 0 Å². The molecule has 0 saturated carbocycles. The van der Waals surface area contributed by atoms with Crippen molar-refractivity contribution in [3.05, 3.63) is 29.8 Å². The van der Waals surface area contributed by atoms with Crippen LogP contribution in [0.15, 0.2) is 24.3 Å². The summed E-state index contributed by atoms with van der Waals surface area (Å²) in [4.78, 5) is 0. The van der Waals surface area contributed by atoms with Crippen molar-refractivity contribution >= 4 is 13.3 Å². The molecule has 1 unspecified atom stereocenters. The Bertz CT molecular complexity index is 266. The molecule has 0 aromatic heterocycles. The van der Waals surface area contributed by atoms with Gasteiger partial charge in [0.25, 0.3) is 0 Å². The fourth-order valence-electron chi connectivity index (χ4n) is 1.36. The second kappa shape index (κ2) is 3.57. The Morgan fingerprint density at radius 2 is 1.54 bits per heavy atom. The number of hydrogen-bond donors (Lipinski definition) is 0. The highest BCUT2D eigenvalue weighted by molar-refractivity contribution is 6.32. The topological polar surface area (TPSA) is 0 Å². The normalized spacial score (nSPS) is 14.2. The van der Waals surface area contributed by atoms with Crippen molar-refractivity contribution in [2.24, 2.45) is 5.41 Å². The van der Waals surface area contributed by atoms with E-state index in [1.54, 1.807) is 0 Å². The molecular weight excluding hydrogens is 155 g/mol. The summed E-state index contributed by atoms with van der Waals surface area (Å²) in [6.45, 7) is 9.16. The molecule has 0 aliphatic carbocycles. The van der Waals surface area contributed by atoms with Crippen LogP contribution in [0.25, 0.3) is 0 Å². The van der Waals surface area contributed by atoms with E-state index in [0.29, 0.717) is 11.3 Å². The summed E-state index contributed by atoms with van der Waals surface area (Å²) in [6, 6.07) is 8.87. The van der Waals surface area contributed by atoms with Gasteiger partial charge in [-0.1, -0.05) is 57.4 Å². The minimum Gasteiger partial charge on any atom is -0.0889 e. The second-order valence-corrected chi connectivity index (χ2v) is 5.00. The molecule has 0 heterocycles. The summed E-state index contributed by atoms with van der Waals surface area (Å²) >= 11 is 0. The van der Waals surface area contributed by atoms with Crippen LogP contribution < -0.4 is 5.46 Å². The molecule has 0 bridgehead atoms. The fraction of sp³-hybridized carbons (Fsp3) is 0.500. The zero-order valence-electron chi connectivity index (χ0n) is 9.39. The van der Waals surface area contributed by atoms with Gasteiger partial charge in [-0.2, -0.15) is 0 Å². The molecule has 0 aliphatic rings. The quantitative estimate of drug-likeness (QED) is 0.572. The zero-order chi connectivity index (χ0) is 10.1. The molecular formula is C12H19B. The van der Waals surface area contributed by atoms with Gasteiger partial charge < -0.3 is 0 Å². The highest BCUT2D eigenvalue weighted by atomic mass is 14.3. The van der Waals surface area contributed by atoms with E-state index in [1.165, 1.54) is 11.0 Å². The van der Waals surface area contributed by atoms with E-state index in [2.05, 4.69) is 59.8 Å². The van der Waals surface area contributed by atoms with Gasteiger partial charge in [0.1, 0.15) is 7.85 Å². The van der Waals surface area contributed by atoms with E-state index in [-0.39, 0.29) is 0 Å². The monoisotopic (exact) mass is 174 g/mol. The van der Waals surface area contributed by atoms with Gasteiger partial charge in [0, 0.05) is 0 Å². The van der Waals surface area contributed by atoms with Crippen LogP contribution in [0.3, 0.4) is 0 Å². The average Bonchev–Trinajstić information content (AvgIpc) is 2.03. The molecule has 13 heavy (non-hydrogen) atoms. The molecule has 0 fully saturated rings. The van der Waals surface area contributed by atoms with E-state index < -0.39 is 0 Å². The van der Waals surface area contributed by atoms with Crippen molar-refractivity contribution in [2.45, 2.75) is 33.6 Å². The van der Waals surface area contributed by atoms with Crippen molar-refractivity contribution in [2.75, 3.05) is 0 Å². The molecule has 0 aliphatic heterocycles. The van der Waals surface area contributed by atoms with E-state index in [9.17, 15) is 0 Å². The van der Waals surface area contributed by atoms with Crippen LogP contribution in [0.1, 0.15) is 39.2 Å². The van der Waals surface area contributed by atoms with Gasteiger partial charge in [-0.3, -0.25) is 0 Å². The van der Waals surface area contributed by atoms with Crippen LogP contribution in [0, 0.1) is 5.41 Å². The fourth-order valence-corrected chi connectivity index (χ4v) is 1.36. The van der Waals surface area contributed by atoms with Crippen LogP contribution >= 0.6 is 0 Å². The van der Waals surface area contributed by atoms with Crippen LogP contribution in [0.4, 0.5) is 0 Å². The van der Waals surface area contributed by atoms with Crippen molar-refractivity contribution in [3.8, 4) is 0 Å². The van der Waals surface area contributed by atoms with E-state index in [0.717, 1.165) is 0 Å². The smallest absolute Gasteiger partial charge is 0.0889 e. The van der Waals surface area contributed by atoms with Crippen molar-refractivity contribution in [1.29, 1.82) is 0 Å². The first-order valence-corrected chi connectivity index (χ1v) is 4.98. The number of benzene rings is 1. The van der Waals surface area contributed by atoms with Gasteiger partial charge >= 0.3 is 0 Å².